The zero-order chi connectivity index (χ0) is 30.9. The van der Waals surface area contributed by atoms with Crippen LogP contribution in [0, 0.1) is 0 Å². The van der Waals surface area contributed by atoms with Gasteiger partial charge in [0.15, 0.2) is 0 Å². The SMILES string of the molecule is O=C(CCCNC(=O)N1CCCCCC1)N[C@H](Cc1c[nH]c2ccccc12)C(=O)N[C@H](Cc1c[nH]c2ccccc12)C(=O)O. The van der Waals surface area contributed by atoms with E-state index in [0.717, 1.165) is 71.7 Å². The second-order valence-electron chi connectivity index (χ2n) is 11.4. The summed E-state index contributed by atoms with van der Waals surface area (Å²) in [5, 5.41) is 20.2. The average molecular weight is 601 g/mol. The van der Waals surface area contributed by atoms with E-state index in [1.165, 1.54) is 0 Å². The summed E-state index contributed by atoms with van der Waals surface area (Å²) in [6.45, 7) is 1.83. The van der Waals surface area contributed by atoms with Crippen LogP contribution in [0.5, 0.6) is 0 Å². The number of aliphatic carboxylic acids is 1. The van der Waals surface area contributed by atoms with Gasteiger partial charge in [0.2, 0.25) is 11.8 Å². The summed E-state index contributed by atoms with van der Waals surface area (Å²) in [7, 11) is 0. The number of hydrogen-bond acceptors (Lipinski definition) is 4. The molecule has 0 bridgehead atoms. The summed E-state index contributed by atoms with van der Waals surface area (Å²) in [6.07, 6.45) is 8.59. The molecule has 1 saturated heterocycles. The normalized spacial score (nSPS) is 15.0. The lowest BCUT2D eigenvalue weighted by atomic mass is 10.0. The minimum Gasteiger partial charge on any atom is -0.480 e. The van der Waals surface area contributed by atoms with E-state index >= 15 is 0 Å². The predicted octanol–water partition coefficient (Wildman–Crippen LogP) is 3.85. The van der Waals surface area contributed by atoms with Crippen LogP contribution in [0.2, 0.25) is 0 Å². The molecule has 2 aromatic heterocycles. The molecular formula is C33H40N6O5. The fourth-order valence-corrected chi connectivity index (χ4v) is 5.82. The van der Waals surface area contributed by atoms with E-state index < -0.39 is 24.0 Å². The van der Waals surface area contributed by atoms with Crippen molar-refractivity contribution >= 4 is 45.6 Å². The van der Waals surface area contributed by atoms with E-state index in [-0.39, 0.29) is 31.2 Å². The third-order valence-corrected chi connectivity index (χ3v) is 8.21. The topological polar surface area (TPSA) is 159 Å². The van der Waals surface area contributed by atoms with Crippen molar-refractivity contribution in [3.8, 4) is 0 Å². The van der Waals surface area contributed by atoms with Gasteiger partial charge in [0.1, 0.15) is 12.1 Å². The molecule has 0 unspecified atom stereocenters. The Hall–Kier alpha value is -4.80. The zero-order valence-electron chi connectivity index (χ0n) is 24.7. The number of hydrogen-bond donors (Lipinski definition) is 6. The maximum atomic E-state index is 13.6. The van der Waals surface area contributed by atoms with Crippen molar-refractivity contribution in [2.24, 2.45) is 0 Å². The number of para-hydroxylation sites is 2. The second-order valence-corrected chi connectivity index (χ2v) is 11.4. The minimum atomic E-state index is -1.20. The Morgan fingerprint density at radius 2 is 1.34 bits per heavy atom. The highest BCUT2D eigenvalue weighted by Gasteiger charge is 2.28. The molecule has 0 saturated carbocycles. The molecule has 2 aromatic carbocycles. The number of carbonyl (C=O) groups is 4. The number of nitrogens with zero attached hydrogens (tertiary/aromatic N) is 1. The lowest BCUT2D eigenvalue weighted by molar-refractivity contribution is -0.142. The Morgan fingerprint density at radius 3 is 1.93 bits per heavy atom. The summed E-state index contributed by atoms with van der Waals surface area (Å²) in [5.41, 5.74) is 3.38. The Labute approximate surface area is 255 Å². The molecule has 0 radical (unpaired) electrons. The highest BCUT2D eigenvalue weighted by atomic mass is 16.4. The van der Waals surface area contributed by atoms with E-state index in [1.807, 2.05) is 53.4 Å². The molecule has 5 rings (SSSR count). The van der Waals surface area contributed by atoms with Crippen molar-refractivity contribution in [3.63, 3.8) is 0 Å². The third kappa shape index (κ3) is 7.77. The van der Waals surface area contributed by atoms with Gasteiger partial charge >= 0.3 is 12.0 Å². The summed E-state index contributed by atoms with van der Waals surface area (Å²) >= 11 is 0. The number of H-pyrrole nitrogens is 2. The summed E-state index contributed by atoms with van der Waals surface area (Å²) in [6, 6.07) is 12.9. The average Bonchev–Trinajstić information content (AvgIpc) is 3.51. The van der Waals surface area contributed by atoms with Gasteiger partial charge in [-0.15, -0.1) is 0 Å². The highest BCUT2D eigenvalue weighted by Crippen LogP contribution is 2.21. The van der Waals surface area contributed by atoms with E-state index in [0.29, 0.717) is 13.0 Å². The van der Waals surface area contributed by atoms with Crippen molar-refractivity contribution in [2.45, 2.75) is 63.5 Å². The van der Waals surface area contributed by atoms with Gasteiger partial charge in [-0.25, -0.2) is 9.59 Å². The molecule has 232 valence electrons. The Bertz CT molecular complexity index is 1600. The minimum absolute atomic E-state index is 0.0789. The summed E-state index contributed by atoms with van der Waals surface area (Å²) < 4.78 is 0. The van der Waals surface area contributed by atoms with Crippen molar-refractivity contribution in [2.75, 3.05) is 19.6 Å². The van der Waals surface area contributed by atoms with Crippen molar-refractivity contribution in [3.05, 3.63) is 72.1 Å². The van der Waals surface area contributed by atoms with E-state index in [9.17, 15) is 24.3 Å². The molecule has 1 fully saturated rings. The number of fused-ring (bicyclic) bond motifs is 2. The first kappa shape index (κ1) is 30.7. The molecule has 2 atom stereocenters. The van der Waals surface area contributed by atoms with Gasteiger partial charge in [-0.05, 0) is 42.5 Å². The molecule has 0 aliphatic carbocycles. The van der Waals surface area contributed by atoms with Crippen molar-refractivity contribution < 1.29 is 24.3 Å². The van der Waals surface area contributed by atoms with Crippen LogP contribution in [0.25, 0.3) is 21.8 Å². The van der Waals surface area contributed by atoms with E-state index in [2.05, 4.69) is 25.9 Å². The van der Waals surface area contributed by atoms with Gasteiger partial charge in [0.05, 0.1) is 0 Å². The molecule has 0 spiro atoms. The number of likely N-dealkylation sites (tertiary alicyclic amines) is 1. The predicted molar refractivity (Wildman–Crippen MR) is 168 cm³/mol. The van der Waals surface area contributed by atoms with Crippen LogP contribution in [0.4, 0.5) is 4.79 Å². The fraction of sp³-hybridized carbons (Fsp3) is 0.394. The maximum Gasteiger partial charge on any atom is 0.326 e. The lowest BCUT2D eigenvalue weighted by Gasteiger charge is -2.22. The molecule has 1 aliphatic rings. The van der Waals surface area contributed by atoms with Crippen LogP contribution in [-0.2, 0) is 27.2 Å². The Balaban J connectivity index is 1.23. The highest BCUT2D eigenvalue weighted by molar-refractivity contribution is 5.92. The first-order valence-corrected chi connectivity index (χ1v) is 15.3. The number of rotatable bonds is 12. The number of aromatic nitrogens is 2. The first-order chi connectivity index (χ1) is 21.4. The Morgan fingerprint density at radius 1 is 0.773 bits per heavy atom. The maximum absolute atomic E-state index is 13.6. The van der Waals surface area contributed by atoms with Gasteiger partial charge in [-0.2, -0.15) is 0 Å². The number of carboxylic acid groups (broad SMARTS) is 1. The molecule has 11 nitrogen and oxygen atoms in total. The van der Waals surface area contributed by atoms with Gasteiger partial charge < -0.3 is 35.9 Å². The number of benzene rings is 2. The molecule has 4 aromatic rings. The van der Waals surface area contributed by atoms with Crippen LogP contribution in [0.3, 0.4) is 0 Å². The number of amides is 4. The molecule has 11 heteroatoms. The van der Waals surface area contributed by atoms with Gasteiger partial charge in [-0.1, -0.05) is 49.2 Å². The molecule has 3 heterocycles. The molecule has 1 aliphatic heterocycles. The molecule has 44 heavy (non-hydrogen) atoms. The van der Waals surface area contributed by atoms with Crippen molar-refractivity contribution in [1.29, 1.82) is 0 Å². The molecule has 6 N–H and O–H groups in total. The van der Waals surface area contributed by atoms with Crippen LogP contribution >= 0.6 is 0 Å². The summed E-state index contributed by atoms with van der Waals surface area (Å²) in [5.74, 6) is -2.09. The Kier molecular flexibility index (Phi) is 10.2. The third-order valence-electron chi connectivity index (χ3n) is 8.21. The van der Waals surface area contributed by atoms with Crippen LogP contribution in [0.15, 0.2) is 60.9 Å². The molecule has 4 amide bonds. The van der Waals surface area contributed by atoms with E-state index in [1.54, 1.807) is 12.4 Å². The van der Waals surface area contributed by atoms with E-state index in [4.69, 9.17) is 0 Å². The number of aromatic amines is 2. The smallest absolute Gasteiger partial charge is 0.326 e. The first-order valence-electron chi connectivity index (χ1n) is 15.3. The largest absolute Gasteiger partial charge is 0.480 e. The standard InChI is InChI=1S/C33H40N6O5/c40-30(14-9-15-34-33(44)39-16-7-1-2-8-17-39)37-28(18-22-20-35-26-12-5-3-10-24(22)26)31(41)38-29(32(42)43)19-23-21-36-27-13-6-4-11-25(23)27/h3-6,10-13,20-21,28-29,35-36H,1-2,7-9,14-19H2,(H,34,44)(H,37,40)(H,38,41)(H,42,43)/t28-,29-/m1/s1. The van der Waals surface area contributed by atoms with Gasteiger partial charge in [-0.3, -0.25) is 9.59 Å². The monoisotopic (exact) mass is 600 g/mol. The van der Waals surface area contributed by atoms with Gasteiger partial charge in [0, 0.05) is 73.1 Å². The second kappa shape index (κ2) is 14.6. The quantitative estimate of drug-likeness (QED) is 0.136. The fourth-order valence-electron chi connectivity index (χ4n) is 5.82. The van der Waals surface area contributed by atoms with Crippen LogP contribution in [-0.4, -0.2) is 75.5 Å². The lowest BCUT2D eigenvalue weighted by Crippen LogP contribution is -2.53. The zero-order valence-corrected chi connectivity index (χ0v) is 24.7. The van der Waals surface area contributed by atoms with Crippen LogP contribution in [0.1, 0.15) is 49.7 Å². The number of carboxylic acids is 1. The van der Waals surface area contributed by atoms with Gasteiger partial charge in [0.25, 0.3) is 0 Å². The number of urea groups is 1. The van der Waals surface area contributed by atoms with Crippen LogP contribution < -0.4 is 16.0 Å². The number of nitrogens with one attached hydrogen (secondary N) is 5. The molecular weight excluding hydrogens is 560 g/mol. The number of carbonyl (C=O) groups excluding carboxylic acids is 3. The van der Waals surface area contributed by atoms with Crippen molar-refractivity contribution in [1.82, 2.24) is 30.8 Å². The summed E-state index contributed by atoms with van der Waals surface area (Å²) in [4.78, 5) is 59.5.